The van der Waals surface area contributed by atoms with E-state index in [1.54, 1.807) is 0 Å². The first-order valence-corrected chi connectivity index (χ1v) is 25.2. The van der Waals surface area contributed by atoms with Gasteiger partial charge in [-0.1, -0.05) is 194 Å². The summed E-state index contributed by atoms with van der Waals surface area (Å²) in [5.74, 6) is 0. The molecule has 0 fully saturated rings. The highest BCUT2D eigenvalue weighted by Crippen LogP contribution is 2.53. The molecule has 0 amide bonds. The third-order valence-electron chi connectivity index (χ3n) is 15.5. The van der Waals surface area contributed by atoms with Gasteiger partial charge in [-0.15, -0.1) is 0 Å². The predicted molar refractivity (Wildman–Crippen MR) is 309 cm³/mol. The molecule has 2 aliphatic heterocycles. The van der Waals surface area contributed by atoms with Crippen molar-refractivity contribution in [3.63, 3.8) is 0 Å². The third kappa shape index (κ3) is 6.22. The fraction of sp³-hybridized carbons (Fsp3) is 0.0286. The summed E-state index contributed by atoms with van der Waals surface area (Å²) in [5, 5.41) is 12.4. The number of para-hydroxylation sites is 4. The van der Waals surface area contributed by atoms with Crippen LogP contribution in [0, 0.1) is 0 Å². The van der Waals surface area contributed by atoms with Gasteiger partial charge in [0.2, 0.25) is 0 Å². The molecule has 0 N–H and O–H groups in total. The maximum atomic E-state index is 2.54. The Morgan fingerprint density at radius 1 is 0.292 bits per heavy atom. The molecular formula is C70H46N2. The SMILES string of the molecule is C1=Cc2c(cc(-c3c4cc(N5c6ccccc6C=Cc6ccccc65)ccc4c(-c4cc5ccccc5c5ccccc45)c4cc(N5c6ccccc6C=Cc6ccccc65)ccc34)c3ccccc23)CC1. The molecule has 1 aliphatic carbocycles. The van der Waals surface area contributed by atoms with Crippen molar-refractivity contribution in [3.8, 4) is 22.3 Å². The van der Waals surface area contributed by atoms with Crippen molar-refractivity contribution >= 4 is 118 Å². The Morgan fingerprint density at radius 2 is 0.708 bits per heavy atom. The van der Waals surface area contributed by atoms with E-state index in [0.717, 1.165) is 47.0 Å². The summed E-state index contributed by atoms with van der Waals surface area (Å²) >= 11 is 0. The van der Waals surface area contributed by atoms with Gasteiger partial charge >= 0.3 is 0 Å². The van der Waals surface area contributed by atoms with Crippen LogP contribution >= 0.6 is 0 Å². The van der Waals surface area contributed by atoms with Crippen LogP contribution in [0.3, 0.4) is 0 Å². The molecule has 0 spiro atoms. The van der Waals surface area contributed by atoms with E-state index >= 15 is 0 Å². The number of allylic oxidation sites excluding steroid dienone is 1. The van der Waals surface area contributed by atoms with Crippen molar-refractivity contribution in [2.24, 2.45) is 0 Å². The fourth-order valence-electron chi connectivity index (χ4n) is 12.3. The molecule has 72 heavy (non-hydrogen) atoms. The first-order valence-electron chi connectivity index (χ1n) is 25.2. The Bertz CT molecular complexity index is 4260. The molecule has 15 rings (SSSR count). The molecule has 2 heteroatoms. The zero-order chi connectivity index (χ0) is 47.3. The summed E-state index contributed by atoms with van der Waals surface area (Å²) in [6.45, 7) is 0. The van der Waals surface area contributed by atoms with Crippen LogP contribution in [-0.2, 0) is 6.42 Å². The molecule has 0 saturated heterocycles. The molecule has 0 bridgehead atoms. The van der Waals surface area contributed by atoms with Crippen molar-refractivity contribution < 1.29 is 0 Å². The van der Waals surface area contributed by atoms with Crippen LogP contribution in [0.5, 0.6) is 0 Å². The number of benzene rings is 12. The maximum Gasteiger partial charge on any atom is 0.0534 e. The average Bonchev–Trinajstić information content (AvgIpc) is 3.72. The van der Waals surface area contributed by atoms with E-state index in [1.807, 2.05) is 0 Å². The number of nitrogens with zero attached hydrogens (tertiary/aromatic N) is 2. The van der Waals surface area contributed by atoms with Crippen LogP contribution in [0.15, 0.2) is 224 Å². The number of rotatable bonds is 4. The van der Waals surface area contributed by atoms with E-state index in [2.05, 4.69) is 265 Å². The van der Waals surface area contributed by atoms with Crippen molar-refractivity contribution in [1.82, 2.24) is 0 Å². The Kier molecular flexibility index (Phi) is 9.12. The largest absolute Gasteiger partial charge is 0.309 e. The van der Waals surface area contributed by atoms with Gasteiger partial charge in [0, 0.05) is 11.4 Å². The molecule has 3 aliphatic rings. The van der Waals surface area contributed by atoms with E-state index in [1.165, 1.54) is 109 Å². The molecule has 0 unspecified atom stereocenters. The summed E-state index contributed by atoms with van der Waals surface area (Å²) in [4.78, 5) is 4.95. The van der Waals surface area contributed by atoms with Gasteiger partial charge in [-0.2, -0.15) is 0 Å². The summed E-state index contributed by atoms with van der Waals surface area (Å²) in [6.07, 6.45) is 15.8. The van der Waals surface area contributed by atoms with Crippen molar-refractivity contribution in [2.45, 2.75) is 12.8 Å². The van der Waals surface area contributed by atoms with Crippen LogP contribution in [0.1, 0.15) is 39.8 Å². The van der Waals surface area contributed by atoms with Gasteiger partial charge in [0.1, 0.15) is 0 Å². The lowest BCUT2D eigenvalue weighted by atomic mass is 9.81. The minimum Gasteiger partial charge on any atom is -0.309 e. The van der Waals surface area contributed by atoms with Gasteiger partial charge in [-0.05, 0) is 183 Å². The lowest BCUT2D eigenvalue weighted by molar-refractivity contribution is 0.990. The van der Waals surface area contributed by atoms with Gasteiger partial charge in [0.15, 0.2) is 0 Å². The Hall–Kier alpha value is -9.24. The monoisotopic (exact) mass is 914 g/mol. The molecular weight excluding hydrogens is 869 g/mol. The standard InChI is InChI=1S/C70H46N2/c1-7-23-53-49(21-1)41-61(57-27-11-9-25-55(53)57)69-59-39-37-52(72-67-31-15-5-19-47(67)35-36-48-20-6-16-32-68(48)72)44-64(59)70(62-42-50-22-2-8-24-54(50)56-26-10-12-28-58(56)62)60-40-38-51(43-63(60)69)71-65-29-13-3-17-45(65)33-34-46-18-4-14-30-66(46)71/h1,3-21,23-44H,2,22H2. The van der Waals surface area contributed by atoms with E-state index in [9.17, 15) is 0 Å². The zero-order valence-corrected chi connectivity index (χ0v) is 39.6. The normalized spacial score (nSPS) is 13.5. The van der Waals surface area contributed by atoms with E-state index < -0.39 is 0 Å². The molecule has 12 aromatic carbocycles. The second-order valence-corrected chi connectivity index (χ2v) is 19.5. The number of hydrogen-bond donors (Lipinski definition) is 0. The number of aryl methyl sites for hydroxylation is 1. The van der Waals surface area contributed by atoms with Crippen molar-refractivity contribution in [3.05, 3.63) is 258 Å². The van der Waals surface area contributed by atoms with Gasteiger partial charge in [-0.25, -0.2) is 0 Å². The molecule has 0 aromatic heterocycles. The minimum atomic E-state index is 1.01. The van der Waals surface area contributed by atoms with Crippen LogP contribution in [0.4, 0.5) is 34.1 Å². The number of anilines is 6. The summed E-state index contributed by atoms with van der Waals surface area (Å²) < 4.78 is 0. The fourth-order valence-corrected chi connectivity index (χ4v) is 12.3. The Balaban J connectivity index is 1.13. The highest BCUT2D eigenvalue weighted by atomic mass is 15.2. The van der Waals surface area contributed by atoms with E-state index in [0.29, 0.717) is 0 Å². The van der Waals surface area contributed by atoms with Gasteiger partial charge in [0.25, 0.3) is 0 Å². The molecule has 12 aromatic rings. The van der Waals surface area contributed by atoms with Gasteiger partial charge < -0.3 is 9.80 Å². The molecule has 0 saturated carbocycles. The second kappa shape index (κ2) is 16.2. The highest BCUT2D eigenvalue weighted by Gasteiger charge is 2.27. The summed E-state index contributed by atoms with van der Waals surface area (Å²) in [7, 11) is 0. The lowest BCUT2D eigenvalue weighted by Crippen LogP contribution is -2.12. The third-order valence-corrected chi connectivity index (χ3v) is 15.5. The predicted octanol–water partition coefficient (Wildman–Crippen LogP) is 19.7. The smallest absolute Gasteiger partial charge is 0.0534 e. The molecule has 0 radical (unpaired) electrons. The maximum absolute atomic E-state index is 2.54. The molecule has 336 valence electrons. The highest BCUT2D eigenvalue weighted by molar-refractivity contribution is 6.28. The minimum absolute atomic E-state index is 1.01. The van der Waals surface area contributed by atoms with E-state index in [4.69, 9.17) is 0 Å². The van der Waals surface area contributed by atoms with Crippen LogP contribution in [0.2, 0.25) is 0 Å². The Morgan fingerprint density at radius 3 is 1.24 bits per heavy atom. The Labute approximate surface area is 419 Å². The van der Waals surface area contributed by atoms with Crippen LogP contribution < -0.4 is 9.80 Å². The first kappa shape index (κ1) is 40.6. The van der Waals surface area contributed by atoms with Gasteiger partial charge in [-0.3, -0.25) is 0 Å². The average molecular weight is 915 g/mol. The van der Waals surface area contributed by atoms with Crippen molar-refractivity contribution in [1.29, 1.82) is 0 Å². The number of fused-ring (bicyclic) bond motifs is 12. The number of hydrogen-bond acceptors (Lipinski definition) is 2. The molecule has 2 heterocycles. The summed E-state index contributed by atoms with van der Waals surface area (Å²) in [5.41, 5.74) is 19.3. The topological polar surface area (TPSA) is 6.48 Å². The van der Waals surface area contributed by atoms with E-state index in [-0.39, 0.29) is 0 Å². The van der Waals surface area contributed by atoms with Crippen molar-refractivity contribution in [2.75, 3.05) is 9.80 Å². The zero-order valence-electron chi connectivity index (χ0n) is 39.6. The van der Waals surface area contributed by atoms with Gasteiger partial charge in [0.05, 0.1) is 22.7 Å². The summed E-state index contributed by atoms with van der Waals surface area (Å²) in [6, 6.07) is 81.9. The second-order valence-electron chi connectivity index (χ2n) is 19.5. The lowest BCUT2D eigenvalue weighted by Gasteiger charge is -2.30. The van der Waals surface area contributed by atoms with Crippen LogP contribution in [-0.4, -0.2) is 0 Å². The van der Waals surface area contributed by atoms with Crippen LogP contribution in [0.25, 0.3) is 106 Å². The molecule has 2 nitrogen and oxygen atoms in total. The molecule has 0 atom stereocenters. The quantitative estimate of drug-likeness (QED) is 0.128. The first-order chi connectivity index (χ1) is 35.7.